The largest absolute Gasteiger partial charge is 0.395 e. The Hall–Kier alpha value is -1.39. The fourth-order valence-electron chi connectivity index (χ4n) is 2.13. The summed E-state index contributed by atoms with van der Waals surface area (Å²) < 4.78 is 0. The Bertz CT molecular complexity index is 390. The van der Waals surface area contributed by atoms with E-state index in [4.69, 9.17) is 10.8 Å². The highest BCUT2D eigenvalue weighted by Gasteiger charge is 2.34. The van der Waals surface area contributed by atoms with Crippen LogP contribution in [0.2, 0.25) is 0 Å². The van der Waals surface area contributed by atoms with Crippen LogP contribution in [0.5, 0.6) is 0 Å². The van der Waals surface area contributed by atoms with Crippen LogP contribution in [-0.4, -0.2) is 41.1 Å². The second-order valence-corrected chi connectivity index (χ2v) is 4.78. The maximum Gasteiger partial charge on any atom is 0.240 e. The van der Waals surface area contributed by atoms with E-state index in [0.717, 1.165) is 18.4 Å². The molecule has 2 rings (SSSR count). The number of amides is 1. The number of aliphatic hydroxyl groups excluding tert-OH is 1. The van der Waals surface area contributed by atoms with Gasteiger partial charge in [-0.2, -0.15) is 0 Å². The molecule has 0 heterocycles. The standard InChI is InChI=1S/C14H20N2O2/c15-13(10-11-4-2-1-3-5-11)14(18)16(8-9-17)12-6-7-12/h1-5,12-13,17H,6-10,15H2/t13-/m1/s1. The van der Waals surface area contributed by atoms with Crippen molar-refractivity contribution in [3.8, 4) is 0 Å². The number of aliphatic hydroxyl groups is 1. The summed E-state index contributed by atoms with van der Waals surface area (Å²) in [5, 5.41) is 9.00. The van der Waals surface area contributed by atoms with Crippen LogP contribution < -0.4 is 5.73 Å². The van der Waals surface area contributed by atoms with Gasteiger partial charge in [-0.15, -0.1) is 0 Å². The molecule has 0 saturated heterocycles. The molecule has 98 valence electrons. The highest BCUT2D eigenvalue weighted by molar-refractivity contribution is 5.82. The lowest BCUT2D eigenvalue weighted by Gasteiger charge is -2.24. The number of nitrogens with zero attached hydrogens (tertiary/aromatic N) is 1. The van der Waals surface area contributed by atoms with E-state index in [1.54, 1.807) is 4.90 Å². The van der Waals surface area contributed by atoms with Gasteiger partial charge in [0.05, 0.1) is 12.6 Å². The van der Waals surface area contributed by atoms with Gasteiger partial charge in [-0.3, -0.25) is 4.79 Å². The average Bonchev–Trinajstić information content (AvgIpc) is 3.20. The summed E-state index contributed by atoms with van der Waals surface area (Å²) in [6.07, 6.45) is 2.61. The number of hydrogen-bond acceptors (Lipinski definition) is 3. The molecule has 0 unspecified atom stereocenters. The highest BCUT2D eigenvalue weighted by atomic mass is 16.3. The van der Waals surface area contributed by atoms with E-state index in [2.05, 4.69) is 0 Å². The Balaban J connectivity index is 1.94. The van der Waals surface area contributed by atoms with E-state index in [1.165, 1.54) is 0 Å². The summed E-state index contributed by atoms with van der Waals surface area (Å²) >= 11 is 0. The Labute approximate surface area is 107 Å². The Morgan fingerprint density at radius 3 is 2.61 bits per heavy atom. The monoisotopic (exact) mass is 248 g/mol. The van der Waals surface area contributed by atoms with Crippen molar-refractivity contribution in [2.75, 3.05) is 13.2 Å². The molecule has 1 aromatic carbocycles. The summed E-state index contributed by atoms with van der Waals surface area (Å²) in [5.74, 6) is -0.0459. The van der Waals surface area contributed by atoms with Crippen LogP contribution in [-0.2, 0) is 11.2 Å². The van der Waals surface area contributed by atoms with Crippen LogP contribution in [0.3, 0.4) is 0 Å². The van der Waals surface area contributed by atoms with Crippen LogP contribution in [0, 0.1) is 0 Å². The van der Waals surface area contributed by atoms with E-state index in [-0.39, 0.29) is 12.5 Å². The van der Waals surface area contributed by atoms with Crippen molar-refractivity contribution in [3.05, 3.63) is 35.9 Å². The molecule has 0 aromatic heterocycles. The van der Waals surface area contributed by atoms with E-state index >= 15 is 0 Å². The number of nitrogens with two attached hydrogens (primary N) is 1. The van der Waals surface area contributed by atoms with Crippen molar-refractivity contribution >= 4 is 5.91 Å². The van der Waals surface area contributed by atoms with Crippen molar-refractivity contribution in [2.24, 2.45) is 5.73 Å². The topological polar surface area (TPSA) is 66.6 Å². The predicted molar refractivity (Wildman–Crippen MR) is 69.9 cm³/mol. The highest BCUT2D eigenvalue weighted by Crippen LogP contribution is 2.27. The first-order valence-corrected chi connectivity index (χ1v) is 6.43. The lowest BCUT2D eigenvalue weighted by Crippen LogP contribution is -2.47. The molecule has 3 N–H and O–H groups in total. The smallest absolute Gasteiger partial charge is 0.240 e. The first kappa shape index (κ1) is 13.1. The SMILES string of the molecule is N[C@H](Cc1ccccc1)C(=O)N(CCO)C1CC1. The van der Waals surface area contributed by atoms with Gasteiger partial charge in [0.15, 0.2) is 0 Å². The van der Waals surface area contributed by atoms with Crippen LogP contribution in [0.25, 0.3) is 0 Å². The van der Waals surface area contributed by atoms with Crippen molar-refractivity contribution in [2.45, 2.75) is 31.3 Å². The maximum atomic E-state index is 12.2. The molecular weight excluding hydrogens is 228 g/mol. The van der Waals surface area contributed by atoms with Gasteiger partial charge < -0.3 is 15.7 Å². The van der Waals surface area contributed by atoms with Crippen LogP contribution in [0.4, 0.5) is 0 Å². The van der Waals surface area contributed by atoms with Crippen molar-refractivity contribution in [3.63, 3.8) is 0 Å². The lowest BCUT2D eigenvalue weighted by molar-refractivity contribution is -0.133. The van der Waals surface area contributed by atoms with Crippen molar-refractivity contribution < 1.29 is 9.90 Å². The number of rotatable bonds is 6. The zero-order chi connectivity index (χ0) is 13.0. The minimum atomic E-state index is -0.514. The third-order valence-corrected chi connectivity index (χ3v) is 3.23. The van der Waals surface area contributed by atoms with Gasteiger partial charge in [0, 0.05) is 12.6 Å². The molecule has 1 saturated carbocycles. The fourth-order valence-corrected chi connectivity index (χ4v) is 2.13. The summed E-state index contributed by atoms with van der Waals surface area (Å²) in [5.41, 5.74) is 7.04. The van der Waals surface area contributed by atoms with Crippen molar-refractivity contribution in [1.29, 1.82) is 0 Å². The Kier molecular flexibility index (Phi) is 4.33. The Morgan fingerprint density at radius 2 is 2.06 bits per heavy atom. The van der Waals surface area contributed by atoms with Gasteiger partial charge in [-0.05, 0) is 24.8 Å². The van der Waals surface area contributed by atoms with Gasteiger partial charge in [0.25, 0.3) is 0 Å². The zero-order valence-corrected chi connectivity index (χ0v) is 10.5. The third-order valence-electron chi connectivity index (χ3n) is 3.23. The molecule has 0 aliphatic heterocycles. The quantitative estimate of drug-likeness (QED) is 0.772. The molecule has 18 heavy (non-hydrogen) atoms. The normalized spacial score (nSPS) is 16.3. The summed E-state index contributed by atoms with van der Waals surface area (Å²) in [7, 11) is 0. The minimum Gasteiger partial charge on any atom is -0.395 e. The average molecular weight is 248 g/mol. The van der Waals surface area contributed by atoms with E-state index in [9.17, 15) is 4.79 Å². The molecule has 1 aromatic rings. The molecule has 1 aliphatic carbocycles. The van der Waals surface area contributed by atoms with E-state index in [1.807, 2.05) is 30.3 Å². The van der Waals surface area contributed by atoms with Crippen LogP contribution in [0.1, 0.15) is 18.4 Å². The molecule has 0 radical (unpaired) electrons. The zero-order valence-electron chi connectivity index (χ0n) is 10.5. The molecule has 1 amide bonds. The molecule has 0 spiro atoms. The number of carbonyl (C=O) groups excluding carboxylic acids is 1. The van der Waals surface area contributed by atoms with Crippen molar-refractivity contribution in [1.82, 2.24) is 4.90 Å². The number of carbonyl (C=O) groups is 1. The van der Waals surface area contributed by atoms with Gasteiger partial charge in [-0.1, -0.05) is 30.3 Å². The van der Waals surface area contributed by atoms with Crippen LogP contribution >= 0.6 is 0 Å². The molecule has 1 atom stereocenters. The maximum absolute atomic E-state index is 12.2. The minimum absolute atomic E-state index is 0.000295. The Morgan fingerprint density at radius 1 is 1.39 bits per heavy atom. The fraction of sp³-hybridized carbons (Fsp3) is 0.500. The number of hydrogen-bond donors (Lipinski definition) is 2. The second kappa shape index (κ2) is 5.98. The first-order chi connectivity index (χ1) is 8.72. The molecule has 4 nitrogen and oxygen atoms in total. The van der Waals surface area contributed by atoms with Gasteiger partial charge in [-0.25, -0.2) is 0 Å². The second-order valence-electron chi connectivity index (χ2n) is 4.78. The van der Waals surface area contributed by atoms with E-state index in [0.29, 0.717) is 19.0 Å². The van der Waals surface area contributed by atoms with E-state index < -0.39 is 6.04 Å². The number of benzene rings is 1. The summed E-state index contributed by atoms with van der Waals surface area (Å²) in [4.78, 5) is 13.9. The molecule has 1 aliphatic rings. The summed E-state index contributed by atoms with van der Waals surface area (Å²) in [6, 6.07) is 9.56. The van der Waals surface area contributed by atoms with Gasteiger partial charge in [0.2, 0.25) is 5.91 Å². The summed E-state index contributed by atoms with van der Waals surface area (Å²) in [6.45, 7) is 0.395. The lowest BCUT2D eigenvalue weighted by atomic mass is 10.1. The van der Waals surface area contributed by atoms with Gasteiger partial charge >= 0.3 is 0 Å². The third kappa shape index (κ3) is 3.31. The molecule has 4 heteroatoms. The molecule has 0 bridgehead atoms. The predicted octanol–water partition coefficient (Wildman–Crippen LogP) is 0.540. The first-order valence-electron chi connectivity index (χ1n) is 6.43. The van der Waals surface area contributed by atoms with Crippen LogP contribution in [0.15, 0.2) is 30.3 Å². The van der Waals surface area contributed by atoms with Gasteiger partial charge in [0.1, 0.15) is 0 Å². The molecular formula is C14H20N2O2. The molecule has 1 fully saturated rings.